The van der Waals surface area contributed by atoms with Crippen molar-refractivity contribution in [1.82, 2.24) is 9.78 Å². The third-order valence-electron chi connectivity index (χ3n) is 2.45. The van der Waals surface area contributed by atoms with Crippen LogP contribution in [-0.2, 0) is 7.05 Å². The van der Waals surface area contributed by atoms with Crippen LogP contribution in [0.5, 0.6) is 0 Å². The molecule has 0 fully saturated rings. The maximum atomic E-state index is 13.6. The van der Waals surface area contributed by atoms with Gasteiger partial charge in [-0.25, -0.2) is 4.39 Å². The van der Waals surface area contributed by atoms with Gasteiger partial charge < -0.3 is 5.32 Å². The van der Waals surface area contributed by atoms with Crippen molar-refractivity contribution in [3.8, 4) is 0 Å². The van der Waals surface area contributed by atoms with Crippen molar-refractivity contribution in [2.24, 2.45) is 7.05 Å². The molecule has 94 valence electrons. The third kappa shape index (κ3) is 2.43. The number of nitrogens with zero attached hydrogens (tertiary/aromatic N) is 2. The van der Waals surface area contributed by atoms with Gasteiger partial charge in [0.1, 0.15) is 5.82 Å². The van der Waals surface area contributed by atoms with Gasteiger partial charge in [-0.1, -0.05) is 6.07 Å². The zero-order chi connectivity index (χ0) is 13.3. The zero-order valence-electron chi connectivity index (χ0n) is 9.87. The Morgan fingerprint density at radius 1 is 1.50 bits per heavy atom. The quantitative estimate of drug-likeness (QED) is 0.927. The molecule has 0 saturated heterocycles. The summed E-state index contributed by atoms with van der Waals surface area (Å²) in [6.07, 6.45) is 1.67. The second-order valence-electron chi connectivity index (χ2n) is 3.85. The number of rotatable bonds is 2. The van der Waals surface area contributed by atoms with E-state index in [1.54, 1.807) is 30.9 Å². The number of nitrogens with one attached hydrogen (secondary N) is 1. The molecule has 1 N–H and O–H groups in total. The molecule has 1 heterocycles. The first kappa shape index (κ1) is 12.8. The van der Waals surface area contributed by atoms with Crippen LogP contribution in [0.2, 0.25) is 0 Å². The molecule has 0 bridgehead atoms. The Morgan fingerprint density at radius 3 is 2.78 bits per heavy atom. The number of amides is 1. The van der Waals surface area contributed by atoms with E-state index in [4.69, 9.17) is 0 Å². The van der Waals surface area contributed by atoms with Gasteiger partial charge in [0, 0.05) is 17.7 Å². The van der Waals surface area contributed by atoms with E-state index in [2.05, 4.69) is 26.3 Å². The summed E-state index contributed by atoms with van der Waals surface area (Å²) in [5.41, 5.74) is 1.23. The second-order valence-corrected chi connectivity index (χ2v) is 4.71. The third-order valence-corrected chi connectivity index (χ3v) is 3.11. The largest absolute Gasteiger partial charge is 0.319 e. The highest BCUT2D eigenvalue weighted by molar-refractivity contribution is 9.10. The molecule has 1 aromatic carbocycles. The predicted octanol–water partition coefficient (Wildman–Crippen LogP) is 2.88. The normalized spacial score (nSPS) is 10.4. The fourth-order valence-electron chi connectivity index (χ4n) is 1.62. The number of hydrogen-bond acceptors (Lipinski definition) is 2. The van der Waals surface area contributed by atoms with Crippen LogP contribution in [0.1, 0.15) is 16.1 Å². The number of aryl methyl sites for hydroxylation is 2. The van der Waals surface area contributed by atoms with Crippen LogP contribution < -0.4 is 5.32 Å². The Morgan fingerprint density at radius 2 is 2.22 bits per heavy atom. The molecule has 0 unspecified atom stereocenters. The van der Waals surface area contributed by atoms with Crippen molar-refractivity contribution < 1.29 is 9.18 Å². The van der Waals surface area contributed by atoms with Crippen molar-refractivity contribution in [1.29, 1.82) is 0 Å². The molecule has 18 heavy (non-hydrogen) atoms. The van der Waals surface area contributed by atoms with E-state index in [1.807, 2.05) is 0 Å². The van der Waals surface area contributed by atoms with Crippen LogP contribution >= 0.6 is 15.9 Å². The number of carbonyl (C=O) groups excluding carboxylic acids is 1. The van der Waals surface area contributed by atoms with Crippen molar-refractivity contribution in [2.45, 2.75) is 6.92 Å². The summed E-state index contributed by atoms with van der Waals surface area (Å²) >= 11 is 3.16. The number of aromatic nitrogens is 2. The first-order valence-electron chi connectivity index (χ1n) is 5.24. The summed E-state index contributed by atoms with van der Waals surface area (Å²) in [5.74, 6) is -1.07. The molecule has 2 rings (SSSR count). The van der Waals surface area contributed by atoms with Gasteiger partial charge in [0.25, 0.3) is 5.91 Å². The van der Waals surface area contributed by atoms with Gasteiger partial charge in [0.2, 0.25) is 0 Å². The van der Waals surface area contributed by atoms with Gasteiger partial charge in [-0.15, -0.1) is 0 Å². The monoisotopic (exact) mass is 311 g/mol. The molecule has 0 aliphatic rings. The standard InChI is InChI=1S/C12H11BrFN3O/c1-7-10(6-17(2)16-7)15-12(18)11-8(13)4-3-5-9(11)14/h3-6H,1-2H3,(H,15,18). The molecule has 0 aliphatic heterocycles. The van der Waals surface area contributed by atoms with E-state index < -0.39 is 11.7 Å². The Balaban J connectivity index is 2.30. The number of benzene rings is 1. The molecule has 0 radical (unpaired) electrons. The average molecular weight is 312 g/mol. The lowest BCUT2D eigenvalue weighted by molar-refractivity contribution is 0.102. The lowest BCUT2D eigenvalue weighted by atomic mass is 10.2. The van der Waals surface area contributed by atoms with Crippen molar-refractivity contribution in [2.75, 3.05) is 5.32 Å². The zero-order valence-corrected chi connectivity index (χ0v) is 11.5. The predicted molar refractivity (Wildman–Crippen MR) is 70.0 cm³/mol. The summed E-state index contributed by atoms with van der Waals surface area (Å²) in [5, 5.41) is 6.74. The summed E-state index contributed by atoms with van der Waals surface area (Å²) in [7, 11) is 1.75. The van der Waals surface area contributed by atoms with Crippen molar-refractivity contribution >= 4 is 27.5 Å². The summed E-state index contributed by atoms with van der Waals surface area (Å²) < 4.78 is 15.6. The van der Waals surface area contributed by atoms with Crippen molar-refractivity contribution in [3.63, 3.8) is 0 Å². The molecule has 1 amide bonds. The molecule has 4 nitrogen and oxygen atoms in total. The highest BCUT2D eigenvalue weighted by Gasteiger charge is 2.16. The molecule has 0 aliphatic carbocycles. The van der Waals surface area contributed by atoms with Crippen LogP contribution in [0.25, 0.3) is 0 Å². The molecule has 1 aromatic heterocycles. The molecule has 0 saturated carbocycles. The molecular weight excluding hydrogens is 301 g/mol. The summed E-state index contributed by atoms with van der Waals surface area (Å²) in [4.78, 5) is 12.0. The Kier molecular flexibility index (Phi) is 3.47. The van der Waals surface area contributed by atoms with Gasteiger partial charge in [-0.05, 0) is 35.0 Å². The molecule has 6 heteroatoms. The maximum Gasteiger partial charge on any atom is 0.259 e. The maximum absolute atomic E-state index is 13.6. The van der Waals surface area contributed by atoms with E-state index in [1.165, 1.54) is 12.1 Å². The average Bonchev–Trinajstić information content (AvgIpc) is 2.57. The second kappa shape index (κ2) is 4.89. The number of anilines is 1. The first-order valence-corrected chi connectivity index (χ1v) is 6.04. The van der Waals surface area contributed by atoms with Crippen LogP contribution in [0.3, 0.4) is 0 Å². The highest BCUT2D eigenvalue weighted by Crippen LogP contribution is 2.21. The smallest absolute Gasteiger partial charge is 0.259 e. The van der Waals surface area contributed by atoms with E-state index >= 15 is 0 Å². The Hall–Kier alpha value is -1.69. The molecular formula is C12H11BrFN3O. The number of hydrogen-bond donors (Lipinski definition) is 1. The van der Waals surface area contributed by atoms with Crippen LogP contribution in [-0.4, -0.2) is 15.7 Å². The van der Waals surface area contributed by atoms with Crippen LogP contribution in [0.15, 0.2) is 28.9 Å². The topological polar surface area (TPSA) is 46.9 Å². The van der Waals surface area contributed by atoms with Crippen LogP contribution in [0, 0.1) is 12.7 Å². The molecule has 0 atom stereocenters. The minimum Gasteiger partial charge on any atom is -0.319 e. The first-order chi connectivity index (χ1) is 8.49. The van der Waals surface area contributed by atoms with E-state index in [9.17, 15) is 9.18 Å². The highest BCUT2D eigenvalue weighted by atomic mass is 79.9. The van der Waals surface area contributed by atoms with Crippen LogP contribution in [0.4, 0.5) is 10.1 Å². The number of halogens is 2. The fourth-order valence-corrected chi connectivity index (χ4v) is 2.14. The van der Waals surface area contributed by atoms with Gasteiger partial charge in [0.05, 0.1) is 16.9 Å². The van der Waals surface area contributed by atoms with E-state index in [0.717, 1.165) is 0 Å². The Labute approximate surface area is 112 Å². The van der Waals surface area contributed by atoms with Crippen molar-refractivity contribution in [3.05, 3.63) is 45.9 Å². The van der Waals surface area contributed by atoms with E-state index in [-0.39, 0.29) is 5.56 Å². The van der Waals surface area contributed by atoms with Gasteiger partial charge >= 0.3 is 0 Å². The lowest BCUT2D eigenvalue weighted by Gasteiger charge is -2.06. The van der Waals surface area contributed by atoms with Gasteiger partial charge in [0.15, 0.2) is 0 Å². The van der Waals surface area contributed by atoms with Gasteiger partial charge in [-0.2, -0.15) is 5.10 Å². The molecule has 0 spiro atoms. The van der Waals surface area contributed by atoms with E-state index in [0.29, 0.717) is 15.9 Å². The Bertz CT molecular complexity index is 589. The SMILES string of the molecule is Cc1nn(C)cc1NC(=O)c1c(F)cccc1Br. The minimum absolute atomic E-state index is 0.0132. The minimum atomic E-state index is -0.566. The lowest BCUT2D eigenvalue weighted by Crippen LogP contribution is -2.14. The summed E-state index contributed by atoms with van der Waals surface area (Å²) in [6.45, 7) is 1.77. The molecule has 2 aromatic rings. The summed E-state index contributed by atoms with van der Waals surface area (Å²) in [6, 6.07) is 4.40. The number of carbonyl (C=O) groups is 1. The van der Waals surface area contributed by atoms with Gasteiger partial charge in [-0.3, -0.25) is 9.48 Å². The fraction of sp³-hybridized carbons (Fsp3) is 0.167.